The fourth-order valence-electron chi connectivity index (χ4n) is 3.99. The summed E-state index contributed by atoms with van der Waals surface area (Å²) in [5, 5.41) is 4.08. The number of fused-ring (bicyclic) bond motifs is 4. The van der Waals surface area contributed by atoms with Crippen LogP contribution in [0.1, 0.15) is 0 Å². The largest absolute Gasteiger partial charge is 0.485 e. The predicted molar refractivity (Wildman–Crippen MR) is 130 cm³/mol. The lowest BCUT2D eigenvalue weighted by Gasteiger charge is -2.21. The zero-order valence-corrected chi connectivity index (χ0v) is 20.0. The Morgan fingerprint density at radius 2 is 1.00 bits per heavy atom. The molecular formula is C24H16O4S4. The van der Waals surface area contributed by atoms with Crippen molar-refractivity contribution in [3.8, 4) is 43.9 Å². The number of benzene rings is 2. The number of hydrogen-bond donors (Lipinski definition) is 0. The minimum Gasteiger partial charge on any atom is -0.485 e. The highest BCUT2D eigenvalue weighted by atomic mass is 32.2. The monoisotopic (exact) mass is 496 g/mol. The van der Waals surface area contributed by atoms with E-state index in [9.17, 15) is 0 Å². The van der Waals surface area contributed by atoms with Crippen LogP contribution in [-0.4, -0.2) is 26.4 Å². The van der Waals surface area contributed by atoms with E-state index in [2.05, 4.69) is 36.4 Å². The van der Waals surface area contributed by atoms with Crippen LogP contribution in [-0.2, 0) is 0 Å². The van der Waals surface area contributed by atoms with Crippen molar-refractivity contribution < 1.29 is 18.9 Å². The van der Waals surface area contributed by atoms with E-state index in [4.69, 9.17) is 18.9 Å². The van der Waals surface area contributed by atoms with E-state index in [1.807, 2.05) is 34.3 Å². The van der Waals surface area contributed by atoms with Gasteiger partial charge in [0.25, 0.3) is 0 Å². The first kappa shape index (κ1) is 19.2. The standard InChI is InChI=1S/C24H16O4S4/c1-3-17-19(9-13(1)23-21-15(11-29-23)25-5-7-27-21)32-20-10-14(2-4-18(20)31-17)24-22-16(12-30-24)26-6-8-28-22/h1-4,9-12H,5-8H2. The number of ether oxygens (including phenoxy) is 4. The van der Waals surface area contributed by atoms with Crippen molar-refractivity contribution in [2.24, 2.45) is 0 Å². The summed E-state index contributed by atoms with van der Waals surface area (Å²) in [6.07, 6.45) is 0. The average Bonchev–Trinajstić information content (AvgIpc) is 3.47. The van der Waals surface area contributed by atoms with Crippen LogP contribution >= 0.6 is 46.2 Å². The molecule has 3 aliphatic rings. The van der Waals surface area contributed by atoms with Gasteiger partial charge in [0.2, 0.25) is 0 Å². The molecule has 0 saturated heterocycles. The van der Waals surface area contributed by atoms with Crippen LogP contribution in [0.5, 0.6) is 23.0 Å². The van der Waals surface area contributed by atoms with Crippen LogP contribution in [0, 0.1) is 0 Å². The van der Waals surface area contributed by atoms with Crippen LogP contribution in [0.3, 0.4) is 0 Å². The molecule has 32 heavy (non-hydrogen) atoms. The highest BCUT2D eigenvalue weighted by Gasteiger charge is 2.24. The van der Waals surface area contributed by atoms with Crippen LogP contribution in [0.4, 0.5) is 0 Å². The average molecular weight is 497 g/mol. The van der Waals surface area contributed by atoms with Gasteiger partial charge in [-0.1, -0.05) is 35.7 Å². The molecule has 3 aliphatic heterocycles. The molecule has 7 rings (SSSR count). The Kier molecular flexibility index (Phi) is 4.60. The van der Waals surface area contributed by atoms with Gasteiger partial charge in [-0.15, -0.1) is 22.7 Å². The Balaban J connectivity index is 1.24. The fraction of sp³-hybridized carbons (Fsp3) is 0.167. The zero-order chi connectivity index (χ0) is 21.1. The highest BCUT2D eigenvalue weighted by Crippen LogP contribution is 2.53. The second-order valence-electron chi connectivity index (χ2n) is 7.44. The molecule has 0 radical (unpaired) electrons. The van der Waals surface area contributed by atoms with Gasteiger partial charge < -0.3 is 18.9 Å². The minimum atomic E-state index is 0.601. The maximum atomic E-state index is 5.90. The summed E-state index contributed by atoms with van der Waals surface area (Å²) in [5.41, 5.74) is 2.34. The summed E-state index contributed by atoms with van der Waals surface area (Å²) in [7, 11) is 0. The lowest BCUT2D eigenvalue weighted by molar-refractivity contribution is 0.174. The van der Waals surface area contributed by atoms with Gasteiger partial charge in [0.05, 0.1) is 9.75 Å². The lowest BCUT2D eigenvalue weighted by Crippen LogP contribution is -2.14. The Morgan fingerprint density at radius 3 is 1.53 bits per heavy atom. The second kappa shape index (κ2) is 7.66. The molecule has 0 aliphatic carbocycles. The summed E-state index contributed by atoms with van der Waals surface area (Å²) in [6, 6.07) is 13.4. The van der Waals surface area contributed by atoms with E-state index in [0.717, 1.165) is 32.8 Å². The molecule has 2 aromatic heterocycles. The molecule has 8 heteroatoms. The third kappa shape index (κ3) is 3.12. The van der Waals surface area contributed by atoms with E-state index < -0.39 is 0 Å². The van der Waals surface area contributed by atoms with Gasteiger partial charge >= 0.3 is 0 Å². The Hall–Kier alpha value is -2.26. The van der Waals surface area contributed by atoms with Crippen LogP contribution < -0.4 is 18.9 Å². The first-order valence-corrected chi connectivity index (χ1v) is 13.6. The van der Waals surface area contributed by atoms with Crippen molar-refractivity contribution in [2.75, 3.05) is 26.4 Å². The normalized spacial score (nSPS) is 15.8. The van der Waals surface area contributed by atoms with Crippen molar-refractivity contribution in [1.82, 2.24) is 0 Å². The molecule has 0 saturated carbocycles. The number of thiophene rings is 2. The first-order valence-electron chi connectivity index (χ1n) is 10.2. The molecule has 0 spiro atoms. The van der Waals surface area contributed by atoms with Gasteiger partial charge in [0, 0.05) is 30.3 Å². The van der Waals surface area contributed by atoms with Gasteiger partial charge in [0.15, 0.2) is 23.0 Å². The number of hydrogen-bond acceptors (Lipinski definition) is 8. The van der Waals surface area contributed by atoms with E-state index >= 15 is 0 Å². The predicted octanol–water partition coefficient (Wildman–Crippen LogP) is 7.30. The molecule has 4 nitrogen and oxygen atoms in total. The van der Waals surface area contributed by atoms with Crippen molar-refractivity contribution in [1.29, 1.82) is 0 Å². The van der Waals surface area contributed by atoms with E-state index in [1.165, 1.54) is 30.7 Å². The Bertz CT molecular complexity index is 1250. The van der Waals surface area contributed by atoms with Gasteiger partial charge in [-0.05, 0) is 35.4 Å². The van der Waals surface area contributed by atoms with Crippen LogP contribution in [0.25, 0.3) is 20.9 Å². The summed E-state index contributed by atoms with van der Waals surface area (Å²) in [4.78, 5) is 7.37. The second-order valence-corrected chi connectivity index (χ2v) is 11.4. The molecule has 0 fully saturated rings. The summed E-state index contributed by atoms with van der Waals surface area (Å²) in [5.74, 6) is 3.47. The fourth-order valence-corrected chi connectivity index (χ4v) is 8.12. The molecule has 0 N–H and O–H groups in total. The summed E-state index contributed by atoms with van der Waals surface area (Å²) >= 11 is 7.01. The first-order chi connectivity index (χ1) is 15.8. The van der Waals surface area contributed by atoms with Gasteiger partial charge in [-0.3, -0.25) is 0 Å². The van der Waals surface area contributed by atoms with Gasteiger partial charge in [0.1, 0.15) is 26.4 Å². The molecule has 0 unspecified atom stereocenters. The molecule has 2 aromatic carbocycles. The topological polar surface area (TPSA) is 36.9 Å². The summed E-state index contributed by atoms with van der Waals surface area (Å²) < 4.78 is 23.3. The Labute approximate surface area is 201 Å². The minimum absolute atomic E-state index is 0.601. The molecule has 0 atom stereocenters. The molecule has 4 aromatic rings. The van der Waals surface area contributed by atoms with Crippen molar-refractivity contribution >= 4 is 46.2 Å². The smallest absolute Gasteiger partial charge is 0.179 e. The molecule has 0 bridgehead atoms. The van der Waals surface area contributed by atoms with Crippen molar-refractivity contribution in [3.63, 3.8) is 0 Å². The van der Waals surface area contributed by atoms with E-state index in [1.54, 1.807) is 22.7 Å². The van der Waals surface area contributed by atoms with Crippen molar-refractivity contribution in [2.45, 2.75) is 19.6 Å². The third-order valence-corrected chi connectivity index (χ3v) is 9.96. The number of rotatable bonds is 2. The van der Waals surface area contributed by atoms with Crippen LogP contribution in [0.15, 0.2) is 66.7 Å². The highest BCUT2D eigenvalue weighted by molar-refractivity contribution is 8.05. The SMILES string of the molecule is c1cc2c(cc1-c1scc3c1OCCO3)Sc1cc(-c3scc4c3OCCO4)ccc1S2. The summed E-state index contributed by atoms with van der Waals surface area (Å²) in [6.45, 7) is 2.43. The molecule has 160 valence electrons. The van der Waals surface area contributed by atoms with Gasteiger partial charge in [-0.2, -0.15) is 0 Å². The molecular weight excluding hydrogens is 481 g/mol. The maximum absolute atomic E-state index is 5.90. The molecule has 0 amide bonds. The molecule has 5 heterocycles. The van der Waals surface area contributed by atoms with Crippen LogP contribution in [0.2, 0.25) is 0 Å². The maximum Gasteiger partial charge on any atom is 0.179 e. The quantitative estimate of drug-likeness (QED) is 0.255. The van der Waals surface area contributed by atoms with Gasteiger partial charge in [-0.25, -0.2) is 0 Å². The van der Waals surface area contributed by atoms with E-state index in [0.29, 0.717) is 26.4 Å². The lowest BCUT2D eigenvalue weighted by atomic mass is 10.1. The third-order valence-electron chi connectivity index (χ3n) is 5.45. The van der Waals surface area contributed by atoms with Crippen molar-refractivity contribution in [3.05, 3.63) is 47.2 Å². The van der Waals surface area contributed by atoms with E-state index in [-0.39, 0.29) is 0 Å². The Morgan fingerprint density at radius 1 is 0.531 bits per heavy atom. The zero-order valence-electron chi connectivity index (χ0n) is 16.7.